The topological polar surface area (TPSA) is 66.3 Å². The van der Waals surface area contributed by atoms with Crippen molar-refractivity contribution in [3.05, 3.63) is 40.7 Å². The molecule has 2 aromatic rings. The number of benzene rings is 1. The predicted molar refractivity (Wildman–Crippen MR) is 106 cm³/mol. The maximum atomic E-state index is 11.8. The molecule has 1 fully saturated rings. The van der Waals surface area contributed by atoms with Gasteiger partial charge in [0.1, 0.15) is 5.69 Å². The van der Waals surface area contributed by atoms with E-state index in [1.54, 1.807) is 0 Å². The zero-order valence-electron chi connectivity index (χ0n) is 16.2. The van der Waals surface area contributed by atoms with Crippen LogP contribution in [0, 0.1) is 6.92 Å². The van der Waals surface area contributed by atoms with E-state index in [4.69, 9.17) is 11.6 Å². The molecule has 8 heteroatoms. The van der Waals surface area contributed by atoms with Crippen molar-refractivity contribution in [1.82, 2.24) is 30.1 Å². The number of carbonyl (C=O) groups excluding carboxylic acids is 1. The molecule has 1 aliphatic rings. The smallest absolute Gasteiger partial charge is 0.234 e. The summed E-state index contributed by atoms with van der Waals surface area (Å²) in [5.41, 5.74) is 2.92. The van der Waals surface area contributed by atoms with E-state index in [1.165, 1.54) is 0 Å². The molecule has 1 amide bonds. The van der Waals surface area contributed by atoms with Crippen LogP contribution in [0.1, 0.15) is 31.3 Å². The molecular weight excluding hydrogens is 364 g/mol. The summed E-state index contributed by atoms with van der Waals surface area (Å²) >= 11 is 6.10. The van der Waals surface area contributed by atoms with E-state index in [2.05, 4.69) is 32.4 Å². The van der Waals surface area contributed by atoms with E-state index in [1.807, 2.05) is 42.8 Å². The molecule has 0 aliphatic carbocycles. The Labute approximate surface area is 165 Å². The Balaban J connectivity index is 1.64. The van der Waals surface area contributed by atoms with Gasteiger partial charge in [-0.05, 0) is 39.0 Å². The fraction of sp³-hybridized carbons (Fsp3) is 0.526. The summed E-state index contributed by atoms with van der Waals surface area (Å²) in [5, 5.41) is 12.3. The van der Waals surface area contributed by atoms with Crippen molar-refractivity contribution in [2.45, 2.75) is 26.8 Å². The van der Waals surface area contributed by atoms with Crippen LogP contribution in [0.3, 0.4) is 0 Å². The molecule has 0 spiro atoms. The Morgan fingerprint density at radius 2 is 2.04 bits per heavy atom. The normalized spacial score (nSPS) is 17.0. The minimum atomic E-state index is 0.0966. The van der Waals surface area contributed by atoms with Crippen molar-refractivity contribution >= 4 is 17.5 Å². The van der Waals surface area contributed by atoms with Gasteiger partial charge in [-0.2, -0.15) is 0 Å². The van der Waals surface area contributed by atoms with Crippen LogP contribution in [0.4, 0.5) is 0 Å². The monoisotopic (exact) mass is 390 g/mol. The molecule has 1 unspecified atom stereocenters. The first kappa shape index (κ1) is 19.8. The molecule has 1 saturated heterocycles. The number of carbonyl (C=O) groups is 1. The van der Waals surface area contributed by atoms with Crippen LogP contribution in [0.2, 0.25) is 5.02 Å². The van der Waals surface area contributed by atoms with Crippen molar-refractivity contribution < 1.29 is 4.79 Å². The van der Waals surface area contributed by atoms with E-state index >= 15 is 0 Å². The second kappa shape index (κ2) is 8.82. The third-order valence-electron chi connectivity index (χ3n) is 5.07. The van der Waals surface area contributed by atoms with E-state index in [0.717, 1.165) is 43.3 Å². The molecule has 1 aromatic carbocycles. The average molecular weight is 391 g/mol. The van der Waals surface area contributed by atoms with Gasteiger partial charge < -0.3 is 5.32 Å². The van der Waals surface area contributed by atoms with E-state index in [-0.39, 0.29) is 11.9 Å². The molecule has 3 rings (SSSR count). The fourth-order valence-corrected chi connectivity index (χ4v) is 3.70. The highest BCUT2D eigenvalue weighted by Crippen LogP contribution is 2.24. The first-order valence-corrected chi connectivity index (χ1v) is 9.78. The Bertz CT molecular complexity index is 784. The second-order valence-electron chi connectivity index (χ2n) is 6.89. The van der Waals surface area contributed by atoms with Gasteiger partial charge in [-0.1, -0.05) is 22.9 Å². The number of hydrogen-bond acceptors (Lipinski definition) is 5. The van der Waals surface area contributed by atoms with Gasteiger partial charge in [-0.3, -0.25) is 14.6 Å². The van der Waals surface area contributed by atoms with Crippen LogP contribution < -0.4 is 5.32 Å². The highest BCUT2D eigenvalue weighted by Gasteiger charge is 2.26. The minimum Gasteiger partial charge on any atom is -0.355 e. The molecule has 2 heterocycles. The number of nitrogens with zero attached hydrogens (tertiary/aromatic N) is 5. The van der Waals surface area contributed by atoms with Crippen LogP contribution in [0.15, 0.2) is 24.3 Å². The van der Waals surface area contributed by atoms with E-state index < -0.39 is 0 Å². The third-order valence-corrected chi connectivity index (χ3v) is 5.31. The Kier molecular flexibility index (Phi) is 6.46. The average Bonchev–Trinajstić information content (AvgIpc) is 3.03. The van der Waals surface area contributed by atoms with Crippen LogP contribution in [0.5, 0.6) is 0 Å². The number of aromatic nitrogens is 3. The van der Waals surface area contributed by atoms with Crippen molar-refractivity contribution in [3.63, 3.8) is 0 Å². The molecule has 0 bridgehead atoms. The van der Waals surface area contributed by atoms with Gasteiger partial charge in [0.25, 0.3) is 0 Å². The summed E-state index contributed by atoms with van der Waals surface area (Å²) in [7, 11) is 0. The molecule has 1 aromatic heterocycles. The minimum absolute atomic E-state index is 0.0966. The lowest BCUT2D eigenvalue weighted by Crippen LogP contribution is -2.50. The summed E-state index contributed by atoms with van der Waals surface area (Å²) in [5.74, 6) is 0.0966. The number of nitrogens with one attached hydrogen (secondary N) is 1. The molecule has 1 N–H and O–H groups in total. The van der Waals surface area contributed by atoms with Crippen LogP contribution in [-0.4, -0.2) is 70.0 Å². The van der Waals surface area contributed by atoms with Crippen molar-refractivity contribution in [2.75, 3.05) is 39.3 Å². The zero-order valence-corrected chi connectivity index (χ0v) is 16.9. The summed E-state index contributed by atoms with van der Waals surface area (Å²) in [6.45, 7) is 10.9. The molecular formula is C19H27ClN6O. The first-order valence-electron chi connectivity index (χ1n) is 9.40. The van der Waals surface area contributed by atoms with Gasteiger partial charge >= 0.3 is 0 Å². The Hall–Kier alpha value is -1.96. The Morgan fingerprint density at radius 3 is 2.70 bits per heavy atom. The first-order chi connectivity index (χ1) is 13.0. The van der Waals surface area contributed by atoms with Crippen molar-refractivity contribution in [1.29, 1.82) is 0 Å². The third kappa shape index (κ3) is 4.66. The summed E-state index contributed by atoms with van der Waals surface area (Å²) in [6.07, 6.45) is 0. The molecule has 146 valence electrons. The van der Waals surface area contributed by atoms with Crippen LogP contribution in [0.25, 0.3) is 5.69 Å². The SMILES string of the molecule is CCNC(=O)CN1CCN(C(C)c2nnn(-c3cccc(Cl)c3)c2C)CC1. The zero-order chi connectivity index (χ0) is 19.4. The maximum absolute atomic E-state index is 11.8. The standard InChI is InChI=1S/C19H27ClN6O/c1-4-21-18(27)13-24-8-10-25(11-9-24)14(2)19-15(3)26(23-22-19)17-7-5-6-16(20)12-17/h5-7,12,14H,4,8-11,13H2,1-3H3,(H,21,27). The van der Waals surface area contributed by atoms with Gasteiger partial charge in [-0.25, -0.2) is 4.68 Å². The second-order valence-corrected chi connectivity index (χ2v) is 7.33. The highest BCUT2D eigenvalue weighted by atomic mass is 35.5. The maximum Gasteiger partial charge on any atom is 0.234 e. The van der Waals surface area contributed by atoms with Gasteiger partial charge in [0.05, 0.1) is 24.0 Å². The number of halogens is 1. The molecule has 1 atom stereocenters. The van der Waals surface area contributed by atoms with Gasteiger partial charge in [0.15, 0.2) is 0 Å². The lowest BCUT2D eigenvalue weighted by atomic mass is 10.1. The predicted octanol–water partition coefficient (Wildman–Crippen LogP) is 2.04. The molecule has 7 nitrogen and oxygen atoms in total. The number of piperazine rings is 1. The molecule has 0 radical (unpaired) electrons. The quantitative estimate of drug-likeness (QED) is 0.817. The summed E-state index contributed by atoms with van der Waals surface area (Å²) < 4.78 is 1.84. The number of rotatable bonds is 6. The van der Waals surface area contributed by atoms with Gasteiger partial charge in [-0.15, -0.1) is 5.10 Å². The van der Waals surface area contributed by atoms with Crippen LogP contribution >= 0.6 is 11.6 Å². The highest BCUT2D eigenvalue weighted by molar-refractivity contribution is 6.30. The number of hydrogen-bond donors (Lipinski definition) is 1. The molecule has 27 heavy (non-hydrogen) atoms. The van der Waals surface area contributed by atoms with Crippen molar-refractivity contribution in [3.8, 4) is 5.69 Å². The number of amides is 1. The molecule has 1 aliphatic heterocycles. The lowest BCUT2D eigenvalue weighted by molar-refractivity contribution is -0.122. The fourth-order valence-electron chi connectivity index (χ4n) is 3.52. The lowest BCUT2D eigenvalue weighted by Gasteiger charge is -2.37. The van der Waals surface area contributed by atoms with Gasteiger partial charge in [0, 0.05) is 37.7 Å². The summed E-state index contributed by atoms with van der Waals surface area (Å²) in [6, 6.07) is 7.79. The van der Waals surface area contributed by atoms with Gasteiger partial charge in [0.2, 0.25) is 5.91 Å². The van der Waals surface area contributed by atoms with Crippen molar-refractivity contribution in [2.24, 2.45) is 0 Å². The number of likely N-dealkylation sites (N-methyl/N-ethyl adjacent to an activating group) is 1. The van der Waals surface area contributed by atoms with E-state index in [0.29, 0.717) is 18.1 Å². The largest absolute Gasteiger partial charge is 0.355 e. The Morgan fingerprint density at radius 1 is 1.30 bits per heavy atom. The van der Waals surface area contributed by atoms with E-state index in [9.17, 15) is 4.79 Å². The summed E-state index contributed by atoms with van der Waals surface area (Å²) in [4.78, 5) is 16.4. The van der Waals surface area contributed by atoms with Crippen LogP contribution in [-0.2, 0) is 4.79 Å². The molecule has 0 saturated carbocycles.